The molecule has 0 unspecified atom stereocenters. The van der Waals surface area contributed by atoms with E-state index in [0.717, 1.165) is 50.5 Å². The van der Waals surface area contributed by atoms with E-state index in [9.17, 15) is 8.42 Å². The quantitative estimate of drug-likeness (QED) is 0.373. The van der Waals surface area contributed by atoms with Crippen LogP contribution in [0.15, 0.2) is 47.5 Å². The Bertz CT molecular complexity index is 1420. The van der Waals surface area contributed by atoms with Crippen molar-refractivity contribution in [1.82, 2.24) is 19.2 Å². The molecule has 1 aliphatic heterocycles. The summed E-state index contributed by atoms with van der Waals surface area (Å²) in [7, 11) is 4.69. The molecule has 0 saturated heterocycles. The lowest BCUT2D eigenvalue weighted by atomic mass is 10.0. The minimum atomic E-state index is -3.74. The minimum Gasteiger partial charge on any atom is -0.383 e. The van der Waals surface area contributed by atoms with Crippen molar-refractivity contribution in [3.63, 3.8) is 0 Å². The van der Waals surface area contributed by atoms with E-state index in [-0.39, 0.29) is 9.92 Å². The Morgan fingerprint density at radius 3 is 2.46 bits per heavy atom. The number of aromatic nitrogens is 2. The number of benzene rings is 2. The highest BCUT2D eigenvalue weighted by molar-refractivity contribution is 7.89. The van der Waals surface area contributed by atoms with Gasteiger partial charge in [0.2, 0.25) is 16.0 Å². The van der Waals surface area contributed by atoms with Crippen molar-refractivity contribution in [1.29, 1.82) is 0 Å². The van der Waals surface area contributed by atoms with Crippen molar-refractivity contribution in [2.75, 3.05) is 77.1 Å². The van der Waals surface area contributed by atoms with Gasteiger partial charge in [-0.25, -0.2) is 17.7 Å². The molecule has 0 bridgehead atoms. The Balaban J connectivity index is 1.57. The van der Waals surface area contributed by atoms with E-state index < -0.39 is 10.0 Å². The first-order valence-electron chi connectivity index (χ1n) is 12.7. The van der Waals surface area contributed by atoms with Gasteiger partial charge >= 0.3 is 0 Å². The first-order chi connectivity index (χ1) is 18.6. The molecule has 1 aliphatic rings. The number of hydrogen-bond acceptors (Lipinski definition) is 9. The highest BCUT2D eigenvalue weighted by atomic mass is 35.5. The first-order valence-corrected chi connectivity index (χ1v) is 14.5. The molecule has 3 aromatic rings. The third-order valence-electron chi connectivity index (χ3n) is 6.71. The maximum Gasteiger partial charge on any atom is 0.244 e. The zero-order valence-electron chi connectivity index (χ0n) is 23.0. The minimum absolute atomic E-state index is 0.119. The zero-order chi connectivity index (χ0) is 28.2. The highest BCUT2D eigenvalue weighted by Crippen LogP contribution is 2.33. The molecule has 10 nitrogen and oxygen atoms in total. The van der Waals surface area contributed by atoms with E-state index in [1.807, 2.05) is 31.1 Å². The summed E-state index contributed by atoms with van der Waals surface area (Å²) in [6.07, 6.45) is 3.44. The van der Waals surface area contributed by atoms with Crippen LogP contribution >= 0.6 is 11.6 Å². The van der Waals surface area contributed by atoms with Crippen molar-refractivity contribution in [3.8, 4) is 0 Å². The van der Waals surface area contributed by atoms with Crippen molar-refractivity contribution in [2.24, 2.45) is 0 Å². The fourth-order valence-corrected chi connectivity index (χ4v) is 5.57. The number of methoxy groups -OCH3 is 1. The number of halogens is 1. The van der Waals surface area contributed by atoms with Gasteiger partial charge < -0.3 is 25.2 Å². The van der Waals surface area contributed by atoms with Crippen molar-refractivity contribution in [2.45, 2.75) is 17.7 Å². The maximum absolute atomic E-state index is 13.1. The molecule has 0 radical (unpaired) electrons. The summed E-state index contributed by atoms with van der Waals surface area (Å²) < 4.78 is 32.6. The van der Waals surface area contributed by atoms with Crippen LogP contribution in [-0.4, -0.2) is 89.1 Å². The smallest absolute Gasteiger partial charge is 0.244 e. The Morgan fingerprint density at radius 2 is 1.77 bits per heavy atom. The molecule has 0 atom stereocenters. The van der Waals surface area contributed by atoms with Crippen LogP contribution in [0.1, 0.15) is 11.1 Å². The van der Waals surface area contributed by atoms with Crippen LogP contribution in [0.2, 0.25) is 5.02 Å². The summed E-state index contributed by atoms with van der Waals surface area (Å²) in [4.78, 5) is 13.3. The van der Waals surface area contributed by atoms with Crippen LogP contribution in [-0.2, 0) is 27.6 Å². The average Bonchev–Trinajstić information content (AvgIpc) is 3.11. The molecule has 0 saturated carbocycles. The summed E-state index contributed by atoms with van der Waals surface area (Å²) in [5.74, 6) is 0.643. The Labute approximate surface area is 236 Å². The van der Waals surface area contributed by atoms with Crippen LogP contribution in [0.25, 0.3) is 0 Å². The van der Waals surface area contributed by atoms with Gasteiger partial charge in [0.1, 0.15) is 9.92 Å². The average molecular weight is 574 g/mol. The number of nitrogens with zero attached hydrogens (tertiary/aromatic N) is 5. The lowest BCUT2D eigenvalue weighted by Gasteiger charge is -2.20. The van der Waals surface area contributed by atoms with E-state index >= 15 is 0 Å². The molecule has 0 fully saturated rings. The van der Waals surface area contributed by atoms with Crippen molar-refractivity contribution in [3.05, 3.63) is 58.7 Å². The van der Waals surface area contributed by atoms with E-state index in [2.05, 4.69) is 37.6 Å². The molecule has 0 aliphatic carbocycles. The second-order valence-corrected chi connectivity index (χ2v) is 12.3. The number of sulfonamides is 1. The van der Waals surface area contributed by atoms with Crippen molar-refractivity contribution >= 4 is 50.5 Å². The van der Waals surface area contributed by atoms with Gasteiger partial charge in [0.15, 0.2) is 5.82 Å². The fraction of sp³-hybridized carbons (Fsp3) is 0.407. The summed E-state index contributed by atoms with van der Waals surface area (Å²) in [6.45, 7) is 3.66. The third-order valence-corrected chi connectivity index (χ3v) is 8.84. The van der Waals surface area contributed by atoms with Crippen LogP contribution in [0.4, 0.5) is 28.8 Å². The third kappa shape index (κ3) is 6.98. The lowest BCUT2D eigenvalue weighted by Crippen LogP contribution is -2.29. The molecule has 0 amide bonds. The Kier molecular flexibility index (Phi) is 9.29. The number of hydrogen-bond donors (Lipinski definition) is 2. The molecule has 12 heteroatoms. The summed E-state index contributed by atoms with van der Waals surface area (Å²) in [6, 6.07) is 11.5. The van der Waals surface area contributed by atoms with Crippen LogP contribution in [0.5, 0.6) is 0 Å². The Morgan fingerprint density at radius 1 is 1.03 bits per heavy atom. The number of anilines is 5. The molecule has 1 aromatic heterocycles. The molecule has 2 N–H and O–H groups in total. The molecule has 4 rings (SSSR count). The summed E-state index contributed by atoms with van der Waals surface area (Å²) in [5, 5.41) is 6.65. The SMILES string of the molecule is COCCN1CCc2ccc(Nc3ncc(Cl)c(Nc4ccc(N(C)C)cc4S(=O)(=O)N(C)C)n3)cc2CC1. The van der Waals surface area contributed by atoms with Gasteiger partial charge in [0.25, 0.3) is 0 Å². The molecule has 2 heterocycles. The van der Waals surface area contributed by atoms with Gasteiger partial charge in [0, 0.05) is 66.3 Å². The molecule has 0 spiro atoms. The predicted octanol–water partition coefficient (Wildman–Crippen LogP) is 3.98. The summed E-state index contributed by atoms with van der Waals surface area (Å²) >= 11 is 6.43. The first kappa shape index (κ1) is 29.0. The van der Waals surface area contributed by atoms with E-state index in [0.29, 0.717) is 17.5 Å². The maximum atomic E-state index is 13.1. The van der Waals surface area contributed by atoms with E-state index in [1.165, 1.54) is 35.7 Å². The number of fused-ring (bicyclic) bond motifs is 1. The molecule has 39 heavy (non-hydrogen) atoms. The van der Waals surface area contributed by atoms with Gasteiger partial charge in [-0.1, -0.05) is 17.7 Å². The number of ether oxygens (including phenoxy) is 1. The van der Waals surface area contributed by atoms with Gasteiger partial charge in [-0.15, -0.1) is 0 Å². The normalized spacial score (nSPS) is 14.1. The lowest BCUT2D eigenvalue weighted by molar-refractivity contribution is 0.150. The number of nitrogens with one attached hydrogen (secondary N) is 2. The largest absolute Gasteiger partial charge is 0.383 e. The van der Waals surface area contributed by atoms with Gasteiger partial charge in [-0.05, 0) is 54.3 Å². The Hall–Kier alpha value is -2.96. The second-order valence-electron chi connectivity index (χ2n) is 9.82. The van der Waals surface area contributed by atoms with Crippen LogP contribution in [0, 0.1) is 0 Å². The second kappa shape index (κ2) is 12.5. The predicted molar refractivity (Wildman–Crippen MR) is 157 cm³/mol. The van der Waals surface area contributed by atoms with Crippen LogP contribution in [0.3, 0.4) is 0 Å². The van der Waals surface area contributed by atoms with Gasteiger partial charge in [0.05, 0.1) is 18.5 Å². The molecule has 210 valence electrons. The summed E-state index contributed by atoms with van der Waals surface area (Å²) in [5.41, 5.74) is 4.63. The number of rotatable bonds is 10. The van der Waals surface area contributed by atoms with Gasteiger partial charge in [-0.2, -0.15) is 4.98 Å². The molecular weight excluding hydrogens is 538 g/mol. The zero-order valence-corrected chi connectivity index (χ0v) is 24.6. The van der Waals surface area contributed by atoms with E-state index in [4.69, 9.17) is 16.3 Å². The standard InChI is InChI=1S/C27H36ClN7O3S/c1-33(2)22-8-9-24(25(17-22)39(36,37)34(3)4)31-26-23(28)18-29-27(32-26)30-21-7-6-19-10-12-35(14-15-38-5)13-11-20(19)16-21/h6-9,16-18H,10-15H2,1-5H3,(H2,29,30,31,32). The fourth-order valence-electron chi connectivity index (χ4n) is 4.37. The highest BCUT2D eigenvalue weighted by Gasteiger charge is 2.23. The van der Waals surface area contributed by atoms with Crippen LogP contribution < -0.4 is 15.5 Å². The monoisotopic (exact) mass is 573 g/mol. The van der Waals surface area contributed by atoms with Gasteiger partial charge in [-0.3, -0.25) is 0 Å². The molecule has 2 aromatic carbocycles. The topological polar surface area (TPSA) is 103 Å². The van der Waals surface area contributed by atoms with Crippen molar-refractivity contribution < 1.29 is 13.2 Å². The molecular formula is C27H36ClN7O3S. The van der Waals surface area contributed by atoms with E-state index in [1.54, 1.807) is 19.2 Å².